The lowest BCUT2D eigenvalue weighted by Gasteiger charge is -2.34. The van der Waals surface area contributed by atoms with Crippen LogP contribution < -0.4 is 0 Å². The van der Waals surface area contributed by atoms with Crippen LogP contribution in [0.2, 0.25) is 0 Å². The molecule has 1 fully saturated rings. The third kappa shape index (κ3) is 8.19. The van der Waals surface area contributed by atoms with E-state index in [1.807, 2.05) is 43.9 Å². The summed E-state index contributed by atoms with van der Waals surface area (Å²) < 4.78 is 16.9. The first-order valence-corrected chi connectivity index (χ1v) is 9.61. The topological polar surface area (TPSA) is 48.0 Å². The average Bonchev–Trinajstić information content (AvgIpc) is 2.60. The van der Waals surface area contributed by atoms with E-state index in [4.69, 9.17) is 14.2 Å². The maximum absolute atomic E-state index is 12.2. The van der Waals surface area contributed by atoms with Gasteiger partial charge < -0.3 is 19.1 Å². The van der Waals surface area contributed by atoms with Crippen molar-refractivity contribution in [2.45, 2.75) is 52.2 Å². The van der Waals surface area contributed by atoms with Crippen molar-refractivity contribution in [2.24, 2.45) is 5.92 Å². The van der Waals surface area contributed by atoms with E-state index in [-0.39, 0.29) is 6.09 Å². The van der Waals surface area contributed by atoms with Gasteiger partial charge in [0.2, 0.25) is 0 Å². The number of carbonyl (C=O) groups excluding carboxylic acids is 1. The average molecular weight is 363 g/mol. The summed E-state index contributed by atoms with van der Waals surface area (Å²) in [5, 5.41) is 0. The van der Waals surface area contributed by atoms with Gasteiger partial charge in [0.25, 0.3) is 0 Å². The standard InChI is InChI=1S/C21H33NO4/c1-21(2,3)26-20(23)22-12-7-11-19(15-22)17-25-14-8-13-24-16-18-9-5-4-6-10-18/h4-6,9-10,19H,7-8,11-17H2,1-3H3. The summed E-state index contributed by atoms with van der Waals surface area (Å²) in [5.41, 5.74) is 0.748. The van der Waals surface area contributed by atoms with Gasteiger partial charge in [0.05, 0.1) is 13.2 Å². The highest BCUT2D eigenvalue weighted by atomic mass is 16.6. The summed E-state index contributed by atoms with van der Waals surface area (Å²) >= 11 is 0. The van der Waals surface area contributed by atoms with Crippen LogP contribution in [-0.2, 0) is 20.8 Å². The Kier molecular flexibility index (Phi) is 8.39. The molecule has 1 aromatic rings. The van der Waals surface area contributed by atoms with E-state index in [1.54, 1.807) is 0 Å². The van der Waals surface area contributed by atoms with E-state index in [0.717, 1.165) is 32.4 Å². The summed E-state index contributed by atoms with van der Waals surface area (Å²) in [6.07, 6.45) is 2.78. The predicted octanol–water partition coefficient (Wildman–Crippen LogP) is 4.26. The molecule has 1 aliphatic heterocycles. The summed E-state index contributed by atoms with van der Waals surface area (Å²) in [5.74, 6) is 0.390. The predicted molar refractivity (Wildman–Crippen MR) is 102 cm³/mol. The second-order valence-corrected chi connectivity index (χ2v) is 7.90. The lowest BCUT2D eigenvalue weighted by Crippen LogP contribution is -2.43. The van der Waals surface area contributed by atoms with Crippen molar-refractivity contribution in [3.05, 3.63) is 35.9 Å². The second kappa shape index (κ2) is 10.5. The summed E-state index contributed by atoms with van der Waals surface area (Å²) in [4.78, 5) is 14.0. The third-order valence-corrected chi connectivity index (χ3v) is 4.21. The molecule has 1 atom stereocenters. The van der Waals surface area contributed by atoms with Gasteiger partial charge in [0.1, 0.15) is 5.60 Å². The first-order valence-electron chi connectivity index (χ1n) is 9.61. The lowest BCUT2D eigenvalue weighted by atomic mass is 9.99. The SMILES string of the molecule is CC(C)(C)OC(=O)N1CCCC(COCCCOCc2ccccc2)C1. The molecule has 0 N–H and O–H groups in total. The molecule has 0 bridgehead atoms. The molecule has 5 heteroatoms. The molecule has 1 amide bonds. The fraction of sp³-hybridized carbons (Fsp3) is 0.667. The molecule has 0 aromatic heterocycles. The highest BCUT2D eigenvalue weighted by molar-refractivity contribution is 5.68. The van der Waals surface area contributed by atoms with Crippen LogP contribution >= 0.6 is 0 Å². The number of rotatable bonds is 8. The molecule has 0 saturated carbocycles. The van der Waals surface area contributed by atoms with Gasteiger partial charge in [-0.15, -0.1) is 0 Å². The third-order valence-electron chi connectivity index (χ3n) is 4.21. The van der Waals surface area contributed by atoms with Crippen molar-refractivity contribution in [1.82, 2.24) is 4.90 Å². The minimum atomic E-state index is -0.444. The van der Waals surface area contributed by atoms with Gasteiger partial charge in [0.15, 0.2) is 0 Å². The van der Waals surface area contributed by atoms with Crippen molar-refractivity contribution >= 4 is 6.09 Å². The lowest BCUT2D eigenvalue weighted by molar-refractivity contribution is 0.00549. The van der Waals surface area contributed by atoms with Crippen LogP contribution in [0.3, 0.4) is 0 Å². The first kappa shape index (κ1) is 20.7. The first-order chi connectivity index (χ1) is 12.4. The normalized spacial score (nSPS) is 18.0. The maximum atomic E-state index is 12.2. The minimum absolute atomic E-state index is 0.212. The van der Waals surface area contributed by atoms with Crippen LogP contribution in [0.1, 0.15) is 45.6 Å². The number of piperidine rings is 1. The molecule has 1 unspecified atom stereocenters. The fourth-order valence-electron chi connectivity index (χ4n) is 2.97. The Bertz CT molecular complexity index is 527. The zero-order valence-electron chi connectivity index (χ0n) is 16.4. The number of hydrogen-bond acceptors (Lipinski definition) is 4. The van der Waals surface area contributed by atoms with Crippen LogP contribution in [0.15, 0.2) is 30.3 Å². The zero-order valence-corrected chi connectivity index (χ0v) is 16.4. The Labute approximate surface area is 157 Å². The van der Waals surface area contributed by atoms with Gasteiger partial charge >= 0.3 is 6.09 Å². The molecule has 0 aliphatic carbocycles. The molecule has 0 spiro atoms. The summed E-state index contributed by atoms with van der Waals surface area (Å²) in [6, 6.07) is 10.2. The van der Waals surface area contributed by atoms with Gasteiger partial charge in [-0.25, -0.2) is 4.79 Å². The van der Waals surface area contributed by atoms with Crippen LogP contribution in [0.5, 0.6) is 0 Å². The molecule has 146 valence electrons. The highest BCUT2D eigenvalue weighted by Crippen LogP contribution is 2.19. The monoisotopic (exact) mass is 363 g/mol. The Balaban J connectivity index is 1.54. The molecule has 26 heavy (non-hydrogen) atoms. The summed E-state index contributed by atoms with van der Waals surface area (Å²) in [6.45, 7) is 9.92. The van der Waals surface area contributed by atoms with Gasteiger partial charge in [0, 0.05) is 32.2 Å². The Morgan fingerprint density at radius 2 is 1.88 bits per heavy atom. The molecule has 1 saturated heterocycles. The van der Waals surface area contributed by atoms with Crippen LogP contribution in [0.4, 0.5) is 4.79 Å². The zero-order chi connectivity index (χ0) is 18.8. The van der Waals surface area contributed by atoms with Crippen molar-refractivity contribution in [2.75, 3.05) is 32.9 Å². The van der Waals surface area contributed by atoms with E-state index < -0.39 is 5.60 Å². The molecular weight excluding hydrogens is 330 g/mol. The van der Waals surface area contributed by atoms with E-state index in [0.29, 0.717) is 32.3 Å². The molecule has 5 nitrogen and oxygen atoms in total. The van der Waals surface area contributed by atoms with E-state index in [2.05, 4.69) is 12.1 Å². The number of ether oxygens (including phenoxy) is 3. The van der Waals surface area contributed by atoms with Gasteiger partial charge in [-0.2, -0.15) is 0 Å². The number of likely N-dealkylation sites (tertiary alicyclic amines) is 1. The molecule has 1 heterocycles. The van der Waals surface area contributed by atoms with Crippen LogP contribution in [-0.4, -0.2) is 49.5 Å². The van der Waals surface area contributed by atoms with E-state index in [1.165, 1.54) is 5.56 Å². The molecule has 1 aromatic carbocycles. The number of hydrogen-bond donors (Lipinski definition) is 0. The summed E-state index contributed by atoms with van der Waals surface area (Å²) in [7, 11) is 0. The van der Waals surface area contributed by atoms with Crippen molar-refractivity contribution in [3.63, 3.8) is 0 Å². The van der Waals surface area contributed by atoms with E-state index >= 15 is 0 Å². The molecular formula is C21H33NO4. The van der Waals surface area contributed by atoms with Crippen LogP contribution in [0.25, 0.3) is 0 Å². The van der Waals surface area contributed by atoms with E-state index in [9.17, 15) is 4.79 Å². The van der Waals surface area contributed by atoms with Gasteiger partial charge in [-0.3, -0.25) is 0 Å². The van der Waals surface area contributed by atoms with Crippen molar-refractivity contribution in [1.29, 1.82) is 0 Å². The molecule has 1 aliphatic rings. The highest BCUT2D eigenvalue weighted by Gasteiger charge is 2.27. The largest absolute Gasteiger partial charge is 0.444 e. The second-order valence-electron chi connectivity index (χ2n) is 7.90. The fourth-order valence-corrected chi connectivity index (χ4v) is 2.97. The molecule has 2 rings (SSSR count). The number of amides is 1. The Morgan fingerprint density at radius 1 is 1.15 bits per heavy atom. The van der Waals surface area contributed by atoms with Crippen molar-refractivity contribution in [3.8, 4) is 0 Å². The Hall–Kier alpha value is -1.59. The quantitative estimate of drug-likeness (QED) is 0.648. The van der Waals surface area contributed by atoms with Crippen molar-refractivity contribution < 1.29 is 19.0 Å². The smallest absolute Gasteiger partial charge is 0.410 e. The maximum Gasteiger partial charge on any atom is 0.410 e. The molecule has 0 radical (unpaired) electrons. The van der Waals surface area contributed by atoms with Gasteiger partial charge in [-0.05, 0) is 45.6 Å². The number of carbonyl (C=O) groups is 1. The van der Waals surface area contributed by atoms with Gasteiger partial charge in [-0.1, -0.05) is 30.3 Å². The minimum Gasteiger partial charge on any atom is -0.444 e. The number of nitrogens with zero attached hydrogens (tertiary/aromatic N) is 1. The Morgan fingerprint density at radius 3 is 2.62 bits per heavy atom. The van der Waals surface area contributed by atoms with Crippen LogP contribution in [0, 0.1) is 5.92 Å². The number of benzene rings is 1.